The van der Waals surface area contributed by atoms with E-state index in [0.717, 1.165) is 25.2 Å². The van der Waals surface area contributed by atoms with E-state index in [1.807, 2.05) is 18.2 Å². The molecule has 5 N–H and O–H groups in total. The van der Waals surface area contributed by atoms with Gasteiger partial charge in [0.2, 0.25) is 11.8 Å². The molecule has 0 saturated heterocycles. The van der Waals surface area contributed by atoms with Gasteiger partial charge in [0.15, 0.2) is 0 Å². The molecule has 0 aromatic heterocycles. The van der Waals surface area contributed by atoms with Crippen LogP contribution in [0.4, 0.5) is 0 Å². The van der Waals surface area contributed by atoms with Crippen LogP contribution in [0.2, 0.25) is 0 Å². The number of amides is 3. The van der Waals surface area contributed by atoms with Gasteiger partial charge in [0.25, 0.3) is 5.91 Å². The highest BCUT2D eigenvalue weighted by Gasteiger charge is 2.19. The van der Waals surface area contributed by atoms with Crippen LogP contribution in [0, 0.1) is 0 Å². The number of nitrogens with two attached hydrogens (primary N) is 2. The van der Waals surface area contributed by atoms with Crippen molar-refractivity contribution >= 4 is 17.7 Å². The average Bonchev–Trinajstić information content (AvgIpc) is 2.79. The van der Waals surface area contributed by atoms with Gasteiger partial charge < -0.3 is 16.8 Å². The first-order chi connectivity index (χ1) is 15.3. The lowest BCUT2D eigenvalue weighted by Crippen LogP contribution is -2.26. The highest BCUT2D eigenvalue weighted by Crippen LogP contribution is 2.23. The Kier molecular flexibility index (Phi) is 9.88. The summed E-state index contributed by atoms with van der Waals surface area (Å²) < 4.78 is 0. The van der Waals surface area contributed by atoms with Crippen molar-refractivity contribution in [3.8, 4) is 0 Å². The summed E-state index contributed by atoms with van der Waals surface area (Å²) in [5.41, 5.74) is 14.1. The number of rotatable bonds is 13. The maximum Gasteiger partial charge on any atom is 0.251 e. The molecule has 0 spiro atoms. The van der Waals surface area contributed by atoms with Crippen molar-refractivity contribution in [3.63, 3.8) is 0 Å². The van der Waals surface area contributed by atoms with E-state index in [2.05, 4.69) is 30.1 Å². The van der Waals surface area contributed by atoms with Crippen molar-refractivity contribution in [2.45, 2.75) is 52.1 Å². The zero-order valence-corrected chi connectivity index (χ0v) is 19.0. The van der Waals surface area contributed by atoms with Gasteiger partial charge in [-0.25, -0.2) is 0 Å². The predicted molar refractivity (Wildman–Crippen MR) is 126 cm³/mol. The van der Waals surface area contributed by atoms with Crippen LogP contribution in [0.1, 0.15) is 66.1 Å². The second-order valence-corrected chi connectivity index (χ2v) is 7.85. The summed E-state index contributed by atoms with van der Waals surface area (Å²) in [5.74, 6) is -1.69. The number of hydrogen-bond donors (Lipinski definition) is 3. The molecule has 0 aliphatic rings. The molecule has 2 aromatic rings. The number of carbonyl (C=O) groups is 3. The minimum absolute atomic E-state index is 0.191. The number of hydrogen-bond acceptors (Lipinski definition) is 4. The standard InChI is InChI=1S/C25H34N4O3/c1-3-29(4-2)17-21-10-6-5-9-20(21)16-28-25(32)19-12-7-11-18(15-19)22(24(27)31)13-8-14-23(26)30/h5-7,9-12,15,22H,3-4,8,13-14,16-17H2,1-2H3,(H2,26,30)(H2,27,31)(H,28,32). The fourth-order valence-corrected chi connectivity index (χ4v) is 3.70. The lowest BCUT2D eigenvalue weighted by molar-refractivity contribution is -0.120. The molecule has 3 amide bonds. The molecule has 0 aliphatic heterocycles. The van der Waals surface area contributed by atoms with E-state index < -0.39 is 17.7 Å². The fraction of sp³-hybridized carbons (Fsp3) is 0.400. The van der Waals surface area contributed by atoms with Crippen LogP contribution in [-0.2, 0) is 22.7 Å². The molecular weight excluding hydrogens is 404 g/mol. The molecule has 0 saturated carbocycles. The molecule has 1 atom stereocenters. The Balaban J connectivity index is 2.08. The SMILES string of the molecule is CCN(CC)Cc1ccccc1CNC(=O)c1cccc(C(CCCC(N)=O)C(N)=O)c1. The normalized spacial score (nSPS) is 11.8. The van der Waals surface area contributed by atoms with Crippen molar-refractivity contribution in [1.29, 1.82) is 0 Å². The van der Waals surface area contributed by atoms with Crippen molar-refractivity contribution in [3.05, 3.63) is 70.8 Å². The number of carbonyl (C=O) groups excluding carboxylic acids is 3. The number of nitrogens with one attached hydrogen (secondary N) is 1. The summed E-state index contributed by atoms with van der Waals surface area (Å²) >= 11 is 0. The van der Waals surface area contributed by atoms with E-state index in [0.29, 0.717) is 30.5 Å². The third kappa shape index (κ3) is 7.50. The second kappa shape index (κ2) is 12.6. The van der Waals surface area contributed by atoms with Gasteiger partial charge in [-0.3, -0.25) is 19.3 Å². The molecule has 1 unspecified atom stereocenters. The van der Waals surface area contributed by atoms with Gasteiger partial charge in [0.05, 0.1) is 5.92 Å². The van der Waals surface area contributed by atoms with E-state index in [-0.39, 0.29) is 12.3 Å². The van der Waals surface area contributed by atoms with Crippen LogP contribution in [0.5, 0.6) is 0 Å². The van der Waals surface area contributed by atoms with E-state index >= 15 is 0 Å². The summed E-state index contributed by atoms with van der Waals surface area (Å²) in [6.45, 7) is 7.44. The fourth-order valence-electron chi connectivity index (χ4n) is 3.70. The first kappa shape index (κ1) is 25.1. The molecule has 0 aliphatic carbocycles. The van der Waals surface area contributed by atoms with Crippen molar-refractivity contribution in [1.82, 2.24) is 10.2 Å². The predicted octanol–water partition coefficient (Wildman–Crippen LogP) is 2.68. The van der Waals surface area contributed by atoms with Crippen molar-refractivity contribution in [2.24, 2.45) is 11.5 Å². The van der Waals surface area contributed by atoms with Crippen LogP contribution in [0.25, 0.3) is 0 Å². The summed E-state index contributed by atoms with van der Waals surface area (Å²) in [7, 11) is 0. The quantitative estimate of drug-likeness (QED) is 0.445. The Hall–Kier alpha value is -3.19. The van der Waals surface area contributed by atoms with Crippen LogP contribution < -0.4 is 16.8 Å². The van der Waals surface area contributed by atoms with Crippen molar-refractivity contribution < 1.29 is 14.4 Å². The van der Waals surface area contributed by atoms with Crippen molar-refractivity contribution in [2.75, 3.05) is 13.1 Å². The first-order valence-corrected chi connectivity index (χ1v) is 11.1. The molecule has 7 nitrogen and oxygen atoms in total. The van der Waals surface area contributed by atoms with E-state index in [9.17, 15) is 14.4 Å². The second-order valence-electron chi connectivity index (χ2n) is 7.85. The molecule has 0 bridgehead atoms. The summed E-state index contributed by atoms with van der Waals surface area (Å²) in [4.78, 5) is 38.1. The maximum atomic E-state index is 12.8. The summed E-state index contributed by atoms with van der Waals surface area (Å²) in [5, 5.41) is 2.98. The van der Waals surface area contributed by atoms with Gasteiger partial charge in [-0.2, -0.15) is 0 Å². The lowest BCUT2D eigenvalue weighted by Gasteiger charge is -2.20. The Labute approximate surface area is 190 Å². The summed E-state index contributed by atoms with van der Waals surface area (Å²) in [6.07, 6.45) is 1.06. The lowest BCUT2D eigenvalue weighted by atomic mass is 9.91. The molecule has 2 aromatic carbocycles. The number of nitrogens with zero attached hydrogens (tertiary/aromatic N) is 1. The third-order valence-corrected chi connectivity index (χ3v) is 5.66. The van der Waals surface area contributed by atoms with Gasteiger partial charge in [0, 0.05) is 25.1 Å². The Morgan fingerprint density at radius 1 is 0.969 bits per heavy atom. The van der Waals surface area contributed by atoms with E-state index in [1.165, 1.54) is 5.56 Å². The van der Waals surface area contributed by atoms with Gasteiger partial charge in [0.1, 0.15) is 0 Å². The van der Waals surface area contributed by atoms with Crippen LogP contribution >= 0.6 is 0 Å². The van der Waals surface area contributed by atoms with Gasteiger partial charge in [-0.1, -0.05) is 50.2 Å². The first-order valence-electron chi connectivity index (χ1n) is 11.1. The number of benzene rings is 2. The Morgan fingerprint density at radius 3 is 2.28 bits per heavy atom. The average molecular weight is 439 g/mol. The van der Waals surface area contributed by atoms with Crippen LogP contribution in [0.3, 0.4) is 0 Å². The molecule has 32 heavy (non-hydrogen) atoms. The van der Waals surface area contributed by atoms with E-state index in [4.69, 9.17) is 11.5 Å². The molecule has 0 radical (unpaired) electrons. The minimum Gasteiger partial charge on any atom is -0.370 e. The summed E-state index contributed by atoms with van der Waals surface area (Å²) in [6, 6.07) is 15.0. The van der Waals surface area contributed by atoms with E-state index in [1.54, 1.807) is 24.3 Å². The highest BCUT2D eigenvalue weighted by atomic mass is 16.2. The topological polar surface area (TPSA) is 119 Å². The third-order valence-electron chi connectivity index (χ3n) is 5.66. The maximum absolute atomic E-state index is 12.8. The zero-order valence-electron chi connectivity index (χ0n) is 19.0. The highest BCUT2D eigenvalue weighted by molar-refractivity contribution is 5.94. The Bertz CT molecular complexity index is 925. The molecule has 0 fully saturated rings. The minimum atomic E-state index is -0.572. The molecular formula is C25H34N4O3. The molecule has 0 heterocycles. The van der Waals surface area contributed by atoms with Gasteiger partial charge >= 0.3 is 0 Å². The van der Waals surface area contributed by atoms with Crippen LogP contribution in [0.15, 0.2) is 48.5 Å². The zero-order chi connectivity index (χ0) is 23.5. The molecule has 7 heteroatoms. The Morgan fingerprint density at radius 2 is 1.66 bits per heavy atom. The monoisotopic (exact) mass is 438 g/mol. The largest absolute Gasteiger partial charge is 0.370 e. The molecule has 172 valence electrons. The smallest absolute Gasteiger partial charge is 0.251 e. The number of primary amides is 2. The van der Waals surface area contributed by atoms with Crippen LogP contribution in [-0.4, -0.2) is 35.7 Å². The van der Waals surface area contributed by atoms with Gasteiger partial charge in [-0.05, 0) is 54.8 Å². The van der Waals surface area contributed by atoms with Gasteiger partial charge in [-0.15, -0.1) is 0 Å². The molecule has 2 rings (SSSR count).